The summed E-state index contributed by atoms with van der Waals surface area (Å²) >= 11 is 0. The van der Waals surface area contributed by atoms with Crippen LogP contribution in [0.2, 0.25) is 0 Å². The van der Waals surface area contributed by atoms with E-state index in [9.17, 15) is 9.18 Å². The summed E-state index contributed by atoms with van der Waals surface area (Å²) in [4.78, 5) is 12.2. The number of hydrogen-bond donors (Lipinski definition) is 1. The molecule has 0 bridgehead atoms. The summed E-state index contributed by atoms with van der Waals surface area (Å²) in [7, 11) is 0. The molecule has 1 aromatic heterocycles. The van der Waals surface area contributed by atoms with Gasteiger partial charge < -0.3 is 10.1 Å². The Morgan fingerprint density at radius 1 is 1.38 bits per heavy atom. The molecule has 1 fully saturated rings. The first-order valence-electron chi connectivity index (χ1n) is 8.02. The second-order valence-electron chi connectivity index (χ2n) is 6.11. The van der Waals surface area contributed by atoms with Gasteiger partial charge in [-0.15, -0.1) is 5.10 Å². The zero-order chi connectivity index (χ0) is 17.1. The summed E-state index contributed by atoms with van der Waals surface area (Å²) in [5, 5.41) is 14.1. The lowest BCUT2D eigenvalue weighted by atomic mass is 9.99. The monoisotopic (exact) mass is 333 g/mol. The lowest BCUT2D eigenvalue weighted by Crippen LogP contribution is -2.28. The standard InChI is InChI=1S/C16H20FN5O2/c1-10(2)22-15(19-20-21-22)13-4-3-12(9-14(13)17)18-16(23)11-5-7-24-8-6-11/h3-4,9-11H,5-8H2,1-2H3,(H,18,23). The minimum Gasteiger partial charge on any atom is -0.381 e. The number of amides is 1. The highest BCUT2D eigenvalue weighted by Gasteiger charge is 2.22. The van der Waals surface area contributed by atoms with Gasteiger partial charge in [-0.25, -0.2) is 9.07 Å². The predicted octanol–water partition coefficient (Wildman–Crippen LogP) is 2.43. The number of ether oxygens (including phenoxy) is 1. The van der Waals surface area contributed by atoms with Crippen molar-refractivity contribution < 1.29 is 13.9 Å². The van der Waals surface area contributed by atoms with Gasteiger partial charge in [0.15, 0.2) is 5.82 Å². The SMILES string of the molecule is CC(C)n1nnnc1-c1ccc(NC(=O)C2CCOCC2)cc1F. The maximum atomic E-state index is 14.5. The van der Waals surface area contributed by atoms with Gasteiger partial charge in [-0.2, -0.15) is 0 Å². The molecule has 8 heteroatoms. The maximum Gasteiger partial charge on any atom is 0.227 e. The van der Waals surface area contributed by atoms with E-state index in [0.717, 1.165) is 0 Å². The number of rotatable bonds is 4. The highest BCUT2D eigenvalue weighted by molar-refractivity contribution is 5.92. The van der Waals surface area contributed by atoms with Crippen molar-refractivity contribution in [1.29, 1.82) is 0 Å². The fraction of sp³-hybridized carbons (Fsp3) is 0.500. The number of halogens is 1. The second-order valence-corrected chi connectivity index (χ2v) is 6.11. The Hall–Kier alpha value is -2.35. The topological polar surface area (TPSA) is 81.9 Å². The maximum absolute atomic E-state index is 14.5. The Morgan fingerprint density at radius 2 is 2.12 bits per heavy atom. The van der Waals surface area contributed by atoms with Gasteiger partial charge >= 0.3 is 0 Å². The zero-order valence-corrected chi connectivity index (χ0v) is 13.7. The average Bonchev–Trinajstić information content (AvgIpc) is 3.05. The number of benzene rings is 1. The van der Waals surface area contributed by atoms with Crippen LogP contribution in [0.15, 0.2) is 18.2 Å². The molecule has 1 aromatic carbocycles. The molecule has 0 atom stereocenters. The average molecular weight is 333 g/mol. The van der Waals surface area contributed by atoms with Crippen LogP contribution in [0.4, 0.5) is 10.1 Å². The van der Waals surface area contributed by atoms with E-state index in [2.05, 4.69) is 20.8 Å². The number of nitrogens with zero attached hydrogens (tertiary/aromatic N) is 4. The van der Waals surface area contributed by atoms with Crippen LogP contribution in [0.25, 0.3) is 11.4 Å². The quantitative estimate of drug-likeness (QED) is 0.929. The van der Waals surface area contributed by atoms with Crippen molar-refractivity contribution in [2.24, 2.45) is 5.92 Å². The summed E-state index contributed by atoms with van der Waals surface area (Å²) in [5.74, 6) is -0.298. The van der Waals surface area contributed by atoms with Crippen molar-refractivity contribution in [3.63, 3.8) is 0 Å². The van der Waals surface area contributed by atoms with Crippen LogP contribution in [0.5, 0.6) is 0 Å². The largest absolute Gasteiger partial charge is 0.381 e. The fourth-order valence-electron chi connectivity index (χ4n) is 2.70. The Bertz CT molecular complexity index is 725. The fourth-order valence-corrected chi connectivity index (χ4v) is 2.70. The number of aromatic nitrogens is 4. The number of hydrogen-bond acceptors (Lipinski definition) is 5. The third kappa shape index (κ3) is 3.43. The minimum atomic E-state index is -0.475. The number of nitrogens with one attached hydrogen (secondary N) is 1. The summed E-state index contributed by atoms with van der Waals surface area (Å²) in [5.41, 5.74) is 0.731. The van der Waals surface area contributed by atoms with Crippen LogP contribution in [0, 0.1) is 11.7 Å². The van der Waals surface area contributed by atoms with Crippen molar-refractivity contribution in [3.05, 3.63) is 24.0 Å². The van der Waals surface area contributed by atoms with E-state index in [1.54, 1.807) is 16.8 Å². The number of anilines is 1. The van der Waals surface area contributed by atoms with E-state index in [1.807, 2.05) is 13.8 Å². The van der Waals surface area contributed by atoms with E-state index in [1.165, 1.54) is 6.07 Å². The normalized spacial score (nSPS) is 15.7. The molecule has 1 saturated heterocycles. The van der Waals surface area contributed by atoms with E-state index < -0.39 is 5.82 Å². The van der Waals surface area contributed by atoms with Gasteiger partial charge in [-0.1, -0.05) is 0 Å². The lowest BCUT2D eigenvalue weighted by Gasteiger charge is -2.21. The Morgan fingerprint density at radius 3 is 2.79 bits per heavy atom. The first kappa shape index (κ1) is 16.5. The van der Waals surface area contributed by atoms with Crippen LogP contribution in [-0.2, 0) is 9.53 Å². The predicted molar refractivity (Wildman–Crippen MR) is 85.8 cm³/mol. The van der Waals surface area contributed by atoms with Gasteiger partial charge in [0.05, 0.1) is 11.6 Å². The molecule has 128 valence electrons. The van der Waals surface area contributed by atoms with Gasteiger partial charge in [-0.3, -0.25) is 4.79 Å². The van der Waals surface area contributed by atoms with E-state index in [-0.39, 0.29) is 17.9 Å². The number of carbonyl (C=O) groups excluding carboxylic acids is 1. The first-order chi connectivity index (χ1) is 11.6. The molecule has 2 aromatic rings. The van der Waals surface area contributed by atoms with Gasteiger partial charge in [0, 0.05) is 24.8 Å². The molecule has 3 rings (SSSR count). The van der Waals surface area contributed by atoms with Crippen LogP contribution in [0.3, 0.4) is 0 Å². The van der Waals surface area contributed by atoms with Gasteiger partial charge in [0.25, 0.3) is 0 Å². The zero-order valence-electron chi connectivity index (χ0n) is 13.7. The van der Waals surface area contributed by atoms with Crippen LogP contribution in [0.1, 0.15) is 32.7 Å². The molecule has 1 aliphatic heterocycles. The van der Waals surface area contributed by atoms with Crippen molar-refractivity contribution in [1.82, 2.24) is 20.2 Å². The molecule has 1 aliphatic rings. The lowest BCUT2D eigenvalue weighted by molar-refractivity contribution is -0.122. The summed E-state index contributed by atoms with van der Waals surface area (Å²) in [6.07, 6.45) is 1.38. The molecule has 0 unspecified atom stereocenters. The Labute approximate surface area is 139 Å². The highest BCUT2D eigenvalue weighted by atomic mass is 19.1. The van der Waals surface area contributed by atoms with Crippen molar-refractivity contribution in [2.45, 2.75) is 32.7 Å². The summed E-state index contributed by atoms with van der Waals surface area (Å²) in [6.45, 7) is 5.01. The van der Waals surface area contributed by atoms with Crippen LogP contribution >= 0.6 is 0 Å². The molecule has 1 N–H and O–H groups in total. The van der Waals surface area contributed by atoms with Crippen molar-refractivity contribution >= 4 is 11.6 Å². The smallest absolute Gasteiger partial charge is 0.227 e. The highest BCUT2D eigenvalue weighted by Crippen LogP contribution is 2.25. The molecule has 0 aliphatic carbocycles. The van der Waals surface area contributed by atoms with E-state index in [0.29, 0.717) is 43.1 Å². The third-order valence-corrected chi connectivity index (χ3v) is 4.05. The van der Waals surface area contributed by atoms with E-state index in [4.69, 9.17) is 4.74 Å². The molecule has 24 heavy (non-hydrogen) atoms. The number of carbonyl (C=O) groups is 1. The molecule has 0 radical (unpaired) electrons. The summed E-state index contributed by atoms with van der Waals surface area (Å²) in [6, 6.07) is 4.56. The van der Waals surface area contributed by atoms with Crippen LogP contribution < -0.4 is 5.32 Å². The molecule has 0 spiro atoms. The van der Waals surface area contributed by atoms with Gasteiger partial charge in [-0.05, 0) is 55.3 Å². The molecular weight excluding hydrogens is 313 g/mol. The van der Waals surface area contributed by atoms with Crippen molar-refractivity contribution in [3.8, 4) is 11.4 Å². The first-order valence-corrected chi connectivity index (χ1v) is 8.02. The molecule has 7 nitrogen and oxygen atoms in total. The minimum absolute atomic E-state index is 0.0160. The molecule has 2 heterocycles. The molecule has 0 saturated carbocycles. The molecular formula is C16H20FN5O2. The summed E-state index contributed by atoms with van der Waals surface area (Å²) < 4.78 is 21.3. The Balaban J connectivity index is 1.77. The molecule has 1 amide bonds. The van der Waals surface area contributed by atoms with E-state index >= 15 is 0 Å². The van der Waals surface area contributed by atoms with Crippen molar-refractivity contribution in [2.75, 3.05) is 18.5 Å². The Kier molecular flexibility index (Phi) is 4.84. The van der Waals surface area contributed by atoms with Gasteiger partial charge in [0.1, 0.15) is 5.82 Å². The van der Waals surface area contributed by atoms with Gasteiger partial charge in [0.2, 0.25) is 5.91 Å². The third-order valence-electron chi connectivity index (χ3n) is 4.05. The second kappa shape index (κ2) is 7.04. The number of tetrazole rings is 1. The van der Waals surface area contributed by atoms with Crippen LogP contribution in [-0.4, -0.2) is 39.3 Å².